The van der Waals surface area contributed by atoms with Crippen LogP contribution in [0.15, 0.2) is 29.0 Å². The molecule has 0 unspecified atom stereocenters. The van der Waals surface area contributed by atoms with Crippen molar-refractivity contribution in [3.63, 3.8) is 0 Å². The van der Waals surface area contributed by atoms with Crippen LogP contribution in [0, 0.1) is 15.9 Å². The lowest BCUT2D eigenvalue weighted by molar-refractivity contribution is -0.385. The van der Waals surface area contributed by atoms with Gasteiger partial charge in [0.1, 0.15) is 0 Å². The van der Waals surface area contributed by atoms with Crippen molar-refractivity contribution in [2.75, 3.05) is 7.11 Å². The molecule has 10 heteroatoms. The third-order valence-electron chi connectivity index (χ3n) is 3.09. The molecule has 0 spiro atoms. The number of thiophene rings is 1. The fraction of sp³-hybridized carbons (Fsp3) is 0.154. The Labute approximate surface area is 133 Å². The van der Waals surface area contributed by atoms with Gasteiger partial charge in [0.2, 0.25) is 5.82 Å². The highest BCUT2D eigenvalue weighted by Gasteiger charge is 2.20. The van der Waals surface area contributed by atoms with E-state index in [0.29, 0.717) is 5.82 Å². The maximum absolute atomic E-state index is 13.6. The standard InChI is InChI=1S/C13H10FN5O3S/c1-22-12-4-9(11(19(20)21)5-10(12)14)6-18-16-13(15-17-18)8-2-3-23-7-8/h2-5,7H,6H2,1H3. The van der Waals surface area contributed by atoms with Gasteiger partial charge in [-0.05, 0) is 22.7 Å². The van der Waals surface area contributed by atoms with E-state index in [1.807, 2.05) is 16.8 Å². The molecule has 3 rings (SSSR count). The minimum absolute atomic E-state index is 0.0237. The lowest BCUT2D eigenvalue weighted by Crippen LogP contribution is -2.07. The van der Waals surface area contributed by atoms with Crippen LogP contribution in [0.1, 0.15) is 5.56 Å². The monoisotopic (exact) mass is 335 g/mol. The van der Waals surface area contributed by atoms with E-state index in [0.717, 1.165) is 11.6 Å². The van der Waals surface area contributed by atoms with Gasteiger partial charge in [0, 0.05) is 10.9 Å². The first-order valence-corrected chi connectivity index (χ1v) is 7.34. The smallest absolute Gasteiger partial charge is 0.277 e. The average molecular weight is 335 g/mol. The van der Waals surface area contributed by atoms with Gasteiger partial charge >= 0.3 is 0 Å². The number of nitrogens with zero attached hydrogens (tertiary/aromatic N) is 5. The number of tetrazole rings is 1. The summed E-state index contributed by atoms with van der Waals surface area (Å²) in [7, 11) is 1.29. The molecule has 2 aromatic heterocycles. The average Bonchev–Trinajstić information content (AvgIpc) is 3.19. The van der Waals surface area contributed by atoms with Crippen molar-refractivity contribution in [1.82, 2.24) is 20.2 Å². The van der Waals surface area contributed by atoms with Gasteiger partial charge in [-0.25, -0.2) is 4.39 Å². The van der Waals surface area contributed by atoms with E-state index in [1.54, 1.807) is 0 Å². The maximum atomic E-state index is 13.6. The summed E-state index contributed by atoms with van der Waals surface area (Å²) in [6.07, 6.45) is 0. The Bertz CT molecular complexity index is 849. The van der Waals surface area contributed by atoms with Crippen LogP contribution < -0.4 is 4.74 Å². The number of hydrogen-bond acceptors (Lipinski definition) is 7. The van der Waals surface area contributed by atoms with Crippen LogP contribution in [-0.2, 0) is 6.54 Å². The number of benzene rings is 1. The predicted octanol–water partition coefficient (Wildman–Crippen LogP) is 2.51. The van der Waals surface area contributed by atoms with E-state index in [4.69, 9.17) is 4.74 Å². The normalized spacial score (nSPS) is 10.7. The highest BCUT2D eigenvalue weighted by Crippen LogP contribution is 2.28. The van der Waals surface area contributed by atoms with Crippen molar-refractivity contribution in [2.24, 2.45) is 0 Å². The van der Waals surface area contributed by atoms with Gasteiger partial charge in [-0.2, -0.15) is 16.1 Å². The topological polar surface area (TPSA) is 96.0 Å². The molecule has 2 heterocycles. The number of ether oxygens (including phenoxy) is 1. The van der Waals surface area contributed by atoms with Crippen molar-refractivity contribution in [3.8, 4) is 17.1 Å². The van der Waals surface area contributed by atoms with Gasteiger partial charge in [-0.3, -0.25) is 10.1 Å². The second-order valence-electron chi connectivity index (χ2n) is 4.53. The number of aromatic nitrogens is 4. The molecule has 0 radical (unpaired) electrons. The molecule has 23 heavy (non-hydrogen) atoms. The Morgan fingerprint density at radius 3 is 2.96 bits per heavy atom. The molecular weight excluding hydrogens is 325 g/mol. The zero-order chi connectivity index (χ0) is 16.4. The minimum Gasteiger partial charge on any atom is -0.494 e. The van der Waals surface area contributed by atoms with Crippen LogP contribution in [-0.4, -0.2) is 32.2 Å². The minimum atomic E-state index is -0.798. The first-order valence-electron chi connectivity index (χ1n) is 6.39. The summed E-state index contributed by atoms with van der Waals surface area (Å²) in [4.78, 5) is 11.6. The van der Waals surface area contributed by atoms with Crippen molar-refractivity contribution >= 4 is 17.0 Å². The Balaban J connectivity index is 1.94. The molecule has 118 valence electrons. The number of methoxy groups -OCH3 is 1. The van der Waals surface area contributed by atoms with Crippen LogP contribution >= 0.6 is 11.3 Å². The van der Waals surface area contributed by atoms with E-state index < -0.39 is 10.7 Å². The molecule has 0 N–H and O–H groups in total. The van der Waals surface area contributed by atoms with Crippen LogP contribution in [0.2, 0.25) is 0 Å². The van der Waals surface area contributed by atoms with Gasteiger partial charge in [0.25, 0.3) is 5.69 Å². The molecule has 0 saturated carbocycles. The Morgan fingerprint density at radius 2 is 2.30 bits per heavy atom. The molecule has 8 nitrogen and oxygen atoms in total. The van der Waals surface area contributed by atoms with Gasteiger partial charge in [-0.1, -0.05) is 0 Å². The number of nitro benzene ring substituents is 1. The van der Waals surface area contributed by atoms with Crippen molar-refractivity contribution < 1.29 is 14.1 Å². The fourth-order valence-electron chi connectivity index (χ4n) is 2.01. The summed E-state index contributed by atoms with van der Waals surface area (Å²) >= 11 is 1.50. The molecule has 0 aliphatic carbocycles. The first kappa shape index (κ1) is 15.0. The lowest BCUT2D eigenvalue weighted by atomic mass is 10.1. The van der Waals surface area contributed by atoms with Gasteiger partial charge in [-0.15, -0.1) is 10.2 Å². The Hall–Kier alpha value is -2.88. The summed E-state index contributed by atoms with van der Waals surface area (Å²) in [6, 6.07) is 3.93. The van der Waals surface area contributed by atoms with Crippen molar-refractivity contribution in [3.05, 3.63) is 50.5 Å². The molecule has 0 atom stereocenters. The summed E-state index contributed by atoms with van der Waals surface area (Å²) in [5.41, 5.74) is 0.674. The van der Waals surface area contributed by atoms with Crippen molar-refractivity contribution in [1.29, 1.82) is 0 Å². The summed E-state index contributed by atoms with van der Waals surface area (Å²) in [5, 5.41) is 26.8. The van der Waals surface area contributed by atoms with E-state index >= 15 is 0 Å². The number of rotatable bonds is 5. The molecule has 0 saturated heterocycles. The van der Waals surface area contributed by atoms with E-state index in [2.05, 4.69) is 15.4 Å². The molecule has 1 aromatic carbocycles. The summed E-state index contributed by atoms with van der Waals surface area (Å²) in [6.45, 7) is -0.0237. The lowest BCUT2D eigenvalue weighted by Gasteiger charge is -2.06. The van der Waals surface area contributed by atoms with E-state index in [9.17, 15) is 14.5 Å². The summed E-state index contributed by atoms with van der Waals surface area (Å²) in [5.74, 6) is -0.458. The SMILES string of the molecule is COc1cc(Cn2nnc(-c3ccsc3)n2)c([N+](=O)[O-])cc1F. The molecular formula is C13H10FN5O3S. The second kappa shape index (κ2) is 6.08. The Morgan fingerprint density at radius 1 is 1.48 bits per heavy atom. The fourth-order valence-corrected chi connectivity index (χ4v) is 2.64. The molecule has 0 aliphatic heterocycles. The zero-order valence-corrected chi connectivity index (χ0v) is 12.7. The van der Waals surface area contributed by atoms with Crippen LogP contribution in [0.25, 0.3) is 11.4 Å². The third-order valence-corrected chi connectivity index (χ3v) is 3.78. The molecule has 0 bridgehead atoms. The molecule has 0 amide bonds. The largest absolute Gasteiger partial charge is 0.494 e. The van der Waals surface area contributed by atoms with Gasteiger partial charge < -0.3 is 4.74 Å². The second-order valence-corrected chi connectivity index (χ2v) is 5.31. The molecule has 0 fully saturated rings. The maximum Gasteiger partial charge on any atom is 0.277 e. The highest BCUT2D eigenvalue weighted by molar-refractivity contribution is 7.08. The first-order chi connectivity index (χ1) is 11.1. The number of nitro groups is 1. The Kier molecular flexibility index (Phi) is 3.98. The van der Waals surface area contributed by atoms with Crippen molar-refractivity contribution in [2.45, 2.75) is 6.54 Å². The van der Waals surface area contributed by atoms with E-state index in [1.165, 1.54) is 29.3 Å². The van der Waals surface area contributed by atoms with Gasteiger partial charge in [0.15, 0.2) is 11.6 Å². The predicted molar refractivity (Wildman–Crippen MR) is 79.8 cm³/mol. The van der Waals surface area contributed by atoms with Gasteiger partial charge in [0.05, 0.1) is 30.2 Å². The molecule has 0 aliphatic rings. The summed E-state index contributed by atoms with van der Waals surface area (Å²) < 4.78 is 18.5. The van der Waals surface area contributed by atoms with Crippen LogP contribution in [0.5, 0.6) is 5.75 Å². The molecule has 3 aromatic rings. The number of halogens is 1. The van der Waals surface area contributed by atoms with E-state index in [-0.39, 0.29) is 23.5 Å². The van der Waals surface area contributed by atoms with Crippen LogP contribution in [0.3, 0.4) is 0 Å². The zero-order valence-electron chi connectivity index (χ0n) is 11.8. The highest BCUT2D eigenvalue weighted by atomic mass is 32.1. The third kappa shape index (κ3) is 3.01. The number of hydrogen-bond donors (Lipinski definition) is 0. The van der Waals surface area contributed by atoms with Crippen LogP contribution in [0.4, 0.5) is 10.1 Å². The quantitative estimate of drug-likeness (QED) is 0.525.